The fraction of sp³-hybridized carbons (Fsp3) is 0.692. The predicted octanol–water partition coefficient (Wildman–Crippen LogP) is 4.82. The van der Waals surface area contributed by atoms with Gasteiger partial charge >= 0.3 is 0 Å². The van der Waals surface area contributed by atoms with E-state index in [1.165, 1.54) is 11.1 Å². The number of amides is 4. The first-order chi connectivity index (χ1) is 24.5. The lowest BCUT2D eigenvalue weighted by molar-refractivity contribution is -0.139. The van der Waals surface area contributed by atoms with E-state index >= 15 is 0 Å². The molecule has 2 fully saturated rings. The van der Waals surface area contributed by atoms with Crippen molar-refractivity contribution in [3.63, 3.8) is 0 Å². The van der Waals surface area contributed by atoms with Crippen LogP contribution in [0.4, 0.5) is 0 Å². The maximum atomic E-state index is 13.2. The molecule has 0 spiro atoms. The standard InChI is InChI=1S/C27H39N5O6.C4H9N.C4H10.2C2H6/c1-2-9-19(22(34)17-33)30-26(37)21-13-8-15-32(21)23(35)16-29-27(38)24(18-10-4-3-5-11-18)31-25(36)20-12-6-7-14-28-20;1-3-4-5-2;1-4(2)3;2*1-2/h6-7,12,14,17-19,21-22,24,34H,2-5,8-11,13,15-16H2,1H3,(H,29,38)(H,30,37)(H,31,36);3,5H,1,4H2,2H3;4H,1-3H3;2*1-2H3. The maximum Gasteiger partial charge on any atom is 0.270 e. The number of likely N-dealkylation sites (N-methyl/N-ethyl adjacent to an activating group) is 1. The minimum absolute atomic E-state index is 0.0448. The van der Waals surface area contributed by atoms with Crippen LogP contribution in [-0.2, 0) is 19.2 Å². The number of pyridine rings is 1. The van der Waals surface area contributed by atoms with Crippen molar-refractivity contribution < 1.29 is 29.1 Å². The van der Waals surface area contributed by atoms with Crippen LogP contribution in [0.5, 0.6) is 0 Å². The number of carbonyl (C=O) groups excluding carboxylic acids is 5. The van der Waals surface area contributed by atoms with Gasteiger partial charge in [0.1, 0.15) is 23.9 Å². The largest absolute Gasteiger partial charge is 0.383 e. The summed E-state index contributed by atoms with van der Waals surface area (Å²) in [5, 5.41) is 21.0. The van der Waals surface area contributed by atoms with E-state index in [-0.39, 0.29) is 18.2 Å². The Hall–Kier alpha value is -3.64. The second kappa shape index (κ2) is 31.1. The first-order valence-corrected chi connectivity index (χ1v) is 19.0. The Kier molecular flexibility index (Phi) is 30.2. The van der Waals surface area contributed by atoms with Gasteiger partial charge in [-0.05, 0) is 63.1 Å². The lowest BCUT2D eigenvalue weighted by Gasteiger charge is -2.30. The normalized spacial score (nSPS) is 16.7. The van der Waals surface area contributed by atoms with E-state index in [4.69, 9.17) is 0 Å². The Balaban J connectivity index is 0. The highest BCUT2D eigenvalue weighted by atomic mass is 16.3. The molecule has 1 aliphatic carbocycles. The average molecular weight is 719 g/mol. The monoisotopic (exact) mass is 719 g/mol. The molecule has 4 unspecified atom stereocenters. The van der Waals surface area contributed by atoms with Gasteiger partial charge in [-0.15, -0.1) is 6.58 Å². The van der Waals surface area contributed by atoms with E-state index < -0.39 is 47.9 Å². The van der Waals surface area contributed by atoms with Gasteiger partial charge in [0.05, 0.1) is 12.6 Å². The van der Waals surface area contributed by atoms with Crippen LogP contribution in [0.2, 0.25) is 0 Å². The van der Waals surface area contributed by atoms with E-state index in [0.29, 0.717) is 38.5 Å². The Bertz CT molecular complexity index is 1090. The molecule has 3 rings (SSSR count). The number of aromatic nitrogens is 1. The fourth-order valence-electron chi connectivity index (χ4n) is 5.45. The molecule has 1 aromatic rings. The summed E-state index contributed by atoms with van der Waals surface area (Å²) >= 11 is 0. The molecule has 1 aromatic heterocycles. The number of hydrogen-bond acceptors (Lipinski definition) is 8. The summed E-state index contributed by atoms with van der Waals surface area (Å²) in [4.78, 5) is 68.4. The molecule has 1 saturated heterocycles. The molecule has 0 bridgehead atoms. The third-order valence-electron chi connectivity index (χ3n) is 7.70. The van der Waals surface area contributed by atoms with Crippen molar-refractivity contribution in [1.82, 2.24) is 31.2 Å². The average Bonchev–Trinajstić information content (AvgIpc) is 3.65. The van der Waals surface area contributed by atoms with E-state index in [9.17, 15) is 29.1 Å². The molecule has 0 aromatic carbocycles. The first-order valence-electron chi connectivity index (χ1n) is 19.0. The molecule has 12 nitrogen and oxygen atoms in total. The molecule has 4 atom stereocenters. The van der Waals surface area contributed by atoms with Gasteiger partial charge in [-0.3, -0.25) is 24.2 Å². The van der Waals surface area contributed by atoms with E-state index in [1.807, 2.05) is 47.7 Å². The molecule has 4 amide bonds. The Labute approximate surface area is 308 Å². The topological polar surface area (TPSA) is 170 Å². The lowest BCUT2D eigenvalue weighted by atomic mass is 9.83. The highest BCUT2D eigenvalue weighted by molar-refractivity contribution is 5.97. The molecular formula is C39H70N6O6. The Morgan fingerprint density at radius 3 is 2.12 bits per heavy atom. The molecule has 292 valence electrons. The van der Waals surface area contributed by atoms with Gasteiger partial charge in [-0.25, -0.2) is 0 Å². The van der Waals surface area contributed by atoms with Gasteiger partial charge < -0.3 is 36.1 Å². The summed E-state index contributed by atoms with van der Waals surface area (Å²) in [6.45, 7) is 20.8. The second-order valence-corrected chi connectivity index (χ2v) is 12.6. The van der Waals surface area contributed by atoms with Crippen molar-refractivity contribution in [3.8, 4) is 0 Å². The summed E-state index contributed by atoms with van der Waals surface area (Å²) in [6.07, 6.45) is 9.18. The second-order valence-electron chi connectivity index (χ2n) is 12.6. The van der Waals surface area contributed by atoms with Crippen molar-refractivity contribution >= 4 is 29.9 Å². The fourth-order valence-corrected chi connectivity index (χ4v) is 5.45. The van der Waals surface area contributed by atoms with Crippen molar-refractivity contribution in [3.05, 3.63) is 42.7 Å². The number of nitrogens with zero attached hydrogens (tertiary/aromatic N) is 2. The van der Waals surface area contributed by atoms with Gasteiger partial charge in [0.2, 0.25) is 17.7 Å². The van der Waals surface area contributed by atoms with Gasteiger partial charge in [-0.2, -0.15) is 0 Å². The summed E-state index contributed by atoms with van der Waals surface area (Å²) in [7, 11) is 1.89. The van der Waals surface area contributed by atoms with Crippen molar-refractivity contribution in [2.75, 3.05) is 26.7 Å². The third-order valence-corrected chi connectivity index (χ3v) is 7.70. The molecule has 5 N–H and O–H groups in total. The molecule has 12 heteroatoms. The van der Waals surface area contributed by atoms with Crippen LogP contribution < -0.4 is 21.3 Å². The maximum absolute atomic E-state index is 13.2. The van der Waals surface area contributed by atoms with Gasteiger partial charge in [0.15, 0.2) is 6.29 Å². The van der Waals surface area contributed by atoms with Crippen LogP contribution in [0, 0.1) is 11.8 Å². The summed E-state index contributed by atoms with van der Waals surface area (Å²) in [6, 6.07) is 2.72. The zero-order valence-electron chi connectivity index (χ0n) is 33.0. The van der Waals surface area contributed by atoms with Crippen LogP contribution >= 0.6 is 0 Å². The predicted molar refractivity (Wildman–Crippen MR) is 206 cm³/mol. The quantitative estimate of drug-likeness (QED) is 0.135. The molecule has 1 saturated carbocycles. The van der Waals surface area contributed by atoms with Crippen LogP contribution in [0.25, 0.3) is 0 Å². The minimum Gasteiger partial charge on any atom is -0.383 e. The van der Waals surface area contributed by atoms with Gasteiger partial charge in [-0.1, -0.05) is 93.2 Å². The molecular weight excluding hydrogens is 648 g/mol. The molecule has 2 heterocycles. The number of aliphatic hydroxyl groups excluding tert-OH is 1. The summed E-state index contributed by atoms with van der Waals surface area (Å²) in [5.41, 5.74) is 0.212. The Morgan fingerprint density at radius 1 is 1.00 bits per heavy atom. The summed E-state index contributed by atoms with van der Waals surface area (Å²) in [5.74, 6) is -0.928. The SMILES string of the molecule is C=CCNC.CC.CC.CC(C)C.CCCC(NC(=O)C1CCCN1C(=O)CNC(=O)C(NC(=O)c1ccccn1)C1CCCCC1)C(O)C=O. The highest BCUT2D eigenvalue weighted by Crippen LogP contribution is 2.27. The molecule has 51 heavy (non-hydrogen) atoms. The first kappa shape index (κ1) is 49.5. The summed E-state index contributed by atoms with van der Waals surface area (Å²) < 4.78 is 0. The van der Waals surface area contributed by atoms with Crippen molar-refractivity contribution in [2.45, 2.75) is 137 Å². The number of nitrogens with one attached hydrogen (secondary N) is 4. The molecule has 0 radical (unpaired) electrons. The third kappa shape index (κ3) is 20.7. The highest BCUT2D eigenvalue weighted by Gasteiger charge is 2.37. The number of rotatable bonds is 14. The lowest BCUT2D eigenvalue weighted by Crippen LogP contribution is -2.55. The smallest absolute Gasteiger partial charge is 0.270 e. The number of aldehydes is 1. The van der Waals surface area contributed by atoms with Gasteiger partial charge in [0, 0.05) is 19.3 Å². The number of carbonyl (C=O) groups is 5. The van der Waals surface area contributed by atoms with Crippen LogP contribution in [0.15, 0.2) is 37.1 Å². The van der Waals surface area contributed by atoms with Crippen LogP contribution in [0.3, 0.4) is 0 Å². The zero-order valence-corrected chi connectivity index (χ0v) is 33.0. The Morgan fingerprint density at radius 2 is 1.63 bits per heavy atom. The van der Waals surface area contributed by atoms with E-state index in [2.05, 4.69) is 53.6 Å². The van der Waals surface area contributed by atoms with Crippen LogP contribution in [-0.4, -0.2) is 95.8 Å². The van der Waals surface area contributed by atoms with Crippen LogP contribution in [0.1, 0.15) is 124 Å². The number of aliphatic hydroxyl groups is 1. The molecule has 1 aliphatic heterocycles. The number of hydrogen-bond donors (Lipinski definition) is 5. The van der Waals surface area contributed by atoms with E-state index in [1.54, 1.807) is 18.2 Å². The van der Waals surface area contributed by atoms with E-state index in [0.717, 1.165) is 44.6 Å². The van der Waals surface area contributed by atoms with Gasteiger partial charge in [0.25, 0.3) is 5.91 Å². The zero-order chi connectivity index (χ0) is 39.2. The minimum atomic E-state index is -1.32. The van der Waals surface area contributed by atoms with Crippen molar-refractivity contribution in [1.29, 1.82) is 0 Å². The van der Waals surface area contributed by atoms with Crippen molar-refractivity contribution in [2.24, 2.45) is 11.8 Å². The molecule has 2 aliphatic rings. The number of likely N-dealkylation sites (tertiary alicyclic amines) is 1.